The summed E-state index contributed by atoms with van der Waals surface area (Å²) in [6.45, 7) is 2.03. The topological polar surface area (TPSA) is 135 Å². The van der Waals surface area contributed by atoms with Gasteiger partial charge in [0.1, 0.15) is 5.52 Å². The number of aromatic amines is 1. The predicted molar refractivity (Wildman–Crippen MR) is 128 cm³/mol. The van der Waals surface area contributed by atoms with Gasteiger partial charge < -0.3 is 15.6 Å². The number of hydrogen-bond acceptors (Lipinski definition) is 6. The molecule has 2 amide bonds. The molecule has 4 aromatic rings. The molecule has 1 aliphatic rings. The van der Waals surface area contributed by atoms with E-state index in [1.165, 1.54) is 0 Å². The van der Waals surface area contributed by atoms with E-state index in [-0.39, 0.29) is 11.8 Å². The third kappa shape index (κ3) is 4.47. The number of rotatable bonds is 6. The highest BCUT2D eigenvalue weighted by molar-refractivity contribution is 6.04. The fraction of sp³-hybridized carbons (Fsp3) is 0.292. The number of hydrogen-bond donors (Lipinski definition) is 3. The number of fused-ring (bicyclic) bond motifs is 1. The van der Waals surface area contributed by atoms with Gasteiger partial charge in [-0.25, -0.2) is 15.0 Å². The van der Waals surface area contributed by atoms with Gasteiger partial charge in [0.05, 0.1) is 11.9 Å². The summed E-state index contributed by atoms with van der Waals surface area (Å²) in [6, 6.07) is 8.51. The fourth-order valence-corrected chi connectivity index (χ4v) is 4.22. The first-order valence-corrected chi connectivity index (χ1v) is 11.4. The van der Waals surface area contributed by atoms with Gasteiger partial charge in [0.15, 0.2) is 5.65 Å². The number of benzene rings is 1. The summed E-state index contributed by atoms with van der Waals surface area (Å²) in [6.07, 6.45) is 8.80. The molecule has 0 spiro atoms. The lowest BCUT2D eigenvalue weighted by Crippen LogP contribution is -2.35. The van der Waals surface area contributed by atoms with E-state index in [9.17, 15) is 9.59 Å². The van der Waals surface area contributed by atoms with Crippen LogP contribution in [0.25, 0.3) is 11.2 Å². The van der Waals surface area contributed by atoms with Crippen LogP contribution >= 0.6 is 0 Å². The SMILES string of the molecule is Nc1cccc(C(=O)Nc2nc3cc(C(=O)N4CCCCC4)cnc3n2CCc2cnc[nH]2)c1. The van der Waals surface area contributed by atoms with Crippen LogP contribution in [0.15, 0.2) is 49.1 Å². The van der Waals surface area contributed by atoms with E-state index in [4.69, 9.17) is 5.73 Å². The van der Waals surface area contributed by atoms with Gasteiger partial charge in [-0.15, -0.1) is 0 Å². The maximum Gasteiger partial charge on any atom is 0.258 e. The standard InChI is InChI=1S/C24H26N8O2/c25-18-6-4-5-16(11-18)22(33)30-24-29-20-12-17(23(34)31-8-2-1-3-9-31)13-27-21(20)32(24)10-7-19-14-26-15-28-19/h4-6,11-15H,1-3,7-10,25H2,(H,26,28)(H,29,30,33). The number of likely N-dealkylation sites (tertiary alicyclic amines) is 1. The minimum absolute atomic E-state index is 0.0357. The molecule has 1 aromatic carbocycles. The molecule has 4 heterocycles. The lowest BCUT2D eigenvalue weighted by atomic mass is 10.1. The Morgan fingerprint density at radius 1 is 1.09 bits per heavy atom. The van der Waals surface area contributed by atoms with Gasteiger partial charge in [-0.2, -0.15) is 0 Å². The van der Waals surface area contributed by atoms with E-state index in [2.05, 4.69) is 25.3 Å². The molecule has 0 atom stereocenters. The van der Waals surface area contributed by atoms with Gasteiger partial charge in [0.2, 0.25) is 5.95 Å². The molecule has 1 saturated heterocycles. The lowest BCUT2D eigenvalue weighted by molar-refractivity contribution is 0.0724. The molecular formula is C24H26N8O2. The number of nitrogens with zero attached hydrogens (tertiary/aromatic N) is 5. The van der Waals surface area contributed by atoms with E-state index < -0.39 is 0 Å². The quantitative estimate of drug-likeness (QED) is 0.380. The zero-order chi connectivity index (χ0) is 23.5. The zero-order valence-corrected chi connectivity index (χ0v) is 18.7. The van der Waals surface area contributed by atoms with Gasteiger partial charge in [0.25, 0.3) is 11.8 Å². The summed E-state index contributed by atoms with van der Waals surface area (Å²) in [5.74, 6) is -0.00141. The first-order valence-electron chi connectivity index (χ1n) is 11.4. The number of piperidine rings is 1. The van der Waals surface area contributed by atoms with Crippen molar-refractivity contribution in [3.05, 3.63) is 65.9 Å². The number of nitrogens with one attached hydrogen (secondary N) is 2. The number of aromatic nitrogens is 5. The van der Waals surface area contributed by atoms with E-state index in [1.807, 2.05) is 9.47 Å². The molecule has 0 saturated carbocycles. The smallest absolute Gasteiger partial charge is 0.258 e. The summed E-state index contributed by atoms with van der Waals surface area (Å²) in [7, 11) is 0. The van der Waals surface area contributed by atoms with Crippen LogP contribution in [0.5, 0.6) is 0 Å². The van der Waals surface area contributed by atoms with Crippen LogP contribution in [0, 0.1) is 0 Å². The van der Waals surface area contributed by atoms with E-state index in [0.717, 1.165) is 38.0 Å². The second-order valence-corrected chi connectivity index (χ2v) is 8.41. The average molecular weight is 459 g/mol. The molecule has 10 nitrogen and oxygen atoms in total. The summed E-state index contributed by atoms with van der Waals surface area (Å²) < 4.78 is 1.84. The molecule has 5 rings (SSSR count). The van der Waals surface area contributed by atoms with Crippen molar-refractivity contribution in [3.8, 4) is 0 Å². The van der Waals surface area contributed by atoms with E-state index in [1.54, 1.807) is 49.1 Å². The molecule has 1 aliphatic heterocycles. The summed E-state index contributed by atoms with van der Waals surface area (Å²) in [4.78, 5) is 44.1. The number of anilines is 2. The number of amides is 2. The molecule has 10 heteroatoms. The van der Waals surface area contributed by atoms with Crippen molar-refractivity contribution in [3.63, 3.8) is 0 Å². The monoisotopic (exact) mass is 458 g/mol. The van der Waals surface area contributed by atoms with E-state index >= 15 is 0 Å². The highest BCUT2D eigenvalue weighted by Gasteiger charge is 2.21. The Morgan fingerprint density at radius 2 is 1.94 bits per heavy atom. The Bertz CT molecular complexity index is 1320. The first kappa shape index (κ1) is 21.6. The van der Waals surface area contributed by atoms with Crippen LogP contribution < -0.4 is 11.1 Å². The molecular weight excluding hydrogens is 432 g/mol. The zero-order valence-electron chi connectivity index (χ0n) is 18.7. The van der Waals surface area contributed by atoms with Crippen molar-refractivity contribution in [2.75, 3.05) is 24.1 Å². The number of carbonyl (C=O) groups excluding carboxylic acids is 2. The summed E-state index contributed by atoms with van der Waals surface area (Å²) in [5, 5.41) is 2.88. The largest absolute Gasteiger partial charge is 0.399 e. The molecule has 0 unspecified atom stereocenters. The number of nitrogen functional groups attached to an aromatic ring is 1. The number of nitrogens with two attached hydrogens (primary N) is 1. The number of imidazole rings is 2. The van der Waals surface area contributed by atoms with Crippen molar-refractivity contribution in [1.29, 1.82) is 0 Å². The van der Waals surface area contributed by atoms with Gasteiger partial charge in [-0.1, -0.05) is 6.07 Å². The number of aryl methyl sites for hydroxylation is 2. The fourth-order valence-electron chi connectivity index (χ4n) is 4.22. The average Bonchev–Trinajstić information content (AvgIpc) is 3.50. The van der Waals surface area contributed by atoms with Crippen molar-refractivity contribution >= 4 is 34.6 Å². The van der Waals surface area contributed by atoms with Crippen molar-refractivity contribution in [1.82, 2.24) is 29.4 Å². The third-order valence-corrected chi connectivity index (χ3v) is 6.01. The van der Waals surface area contributed by atoms with Gasteiger partial charge >= 0.3 is 0 Å². The Morgan fingerprint density at radius 3 is 2.71 bits per heavy atom. The van der Waals surface area contributed by atoms with Crippen molar-refractivity contribution < 1.29 is 9.59 Å². The predicted octanol–water partition coefficient (Wildman–Crippen LogP) is 2.86. The van der Waals surface area contributed by atoms with Crippen molar-refractivity contribution in [2.45, 2.75) is 32.2 Å². The molecule has 1 fully saturated rings. The molecule has 0 radical (unpaired) electrons. The number of pyridine rings is 1. The normalized spacial score (nSPS) is 13.8. The van der Waals surface area contributed by atoms with Crippen LogP contribution in [0.3, 0.4) is 0 Å². The molecule has 0 aliphatic carbocycles. The van der Waals surface area contributed by atoms with Gasteiger partial charge in [-0.3, -0.25) is 19.5 Å². The minimum Gasteiger partial charge on any atom is -0.399 e. The molecule has 0 bridgehead atoms. The van der Waals surface area contributed by atoms with E-state index in [0.29, 0.717) is 46.9 Å². The van der Waals surface area contributed by atoms with Crippen LogP contribution in [0.1, 0.15) is 45.7 Å². The summed E-state index contributed by atoms with van der Waals surface area (Å²) >= 11 is 0. The number of H-pyrrole nitrogens is 1. The van der Waals surface area contributed by atoms with Gasteiger partial charge in [0, 0.05) is 55.4 Å². The third-order valence-electron chi connectivity index (χ3n) is 6.01. The highest BCUT2D eigenvalue weighted by Crippen LogP contribution is 2.22. The minimum atomic E-state index is -0.324. The van der Waals surface area contributed by atoms with Crippen molar-refractivity contribution in [2.24, 2.45) is 0 Å². The van der Waals surface area contributed by atoms with Crippen LogP contribution in [-0.4, -0.2) is 54.3 Å². The summed E-state index contributed by atoms with van der Waals surface area (Å²) in [5.41, 5.74) is 9.37. The molecule has 4 N–H and O–H groups in total. The van der Waals surface area contributed by atoms with Crippen LogP contribution in [-0.2, 0) is 13.0 Å². The molecule has 174 valence electrons. The Hall–Kier alpha value is -4.21. The Kier molecular flexibility index (Phi) is 5.94. The lowest BCUT2D eigenvalue weighted by Gasteiger charge is -2.26. The van der Waals surface area contributed by atoms with Crippen LogP contribution in [0.4, 0.5) is 11.6 Å². The van der Waals surface area contributed by atoms with Crippen LogP contribution in [0.2, 0.25) is 0 Å². The maximum absolute atomic E-state index is 13.0. The highest BCUT2D eigenvalue weighted by atomic mass is 16.2. The second kappa shape index (κ2) is 9.34. The molecule has 3 aromatic heterocycles. The molecule has 34 heavy (non-hydrogen) atoms. The first-order chi connectivity index (χ1) is 16.6. The second-order valence-electron chi connectivity index (χ2n) is 8.41. The number of carbonyl (C=O) groups is 2. The maximum atomic E-state index is 13.0. The Balaban J connectivity index is 1.47. The van der Waals surface area contributed by atoms with Gasteiger partial charge in [-0.05, 0) is 43.5 Å². The Labute approximate surface area is 196 Å².